The van der Waals surface area contributed by atoms with Crippen LogP contribution in [0.1, 0.15) is 15.9 Å². The molecule has 0 aliphatic carbocycles. The molecule has 164 valence electrons. The van der Waals surface area contributed by atoms with Gasteiger partial charge in [0.25, 0.3) is 11.8 Å². The van der Waals surface area contributed by atoms with E-state index in [9.17, 15) is 9.59 Å². The van der Waals surface area contributed by atoms with Crippen LogP contribution in [0.25, 0.3) is 6.08 Å². The van der Waals surface area contributed by atoms with Gasteiger partial charge in [0, 0.05) is 16.1 Å². The summed E-state index contributed by atoms with van der Waals surface area (Å²) in [5.74, 6) is 0.257. The Hall–Kier alpha value is -3.71. The molecule has 0 saturated heterocycles. The molecule has 0 fully saturated rings. The fourth-order valence-corrected chi connectivity index (χ4v) is 3.33. The van der Waals surface area contributed by atoms with Crippen molar-refractivity contribution in [2.24, 2.45) is 0 Å². The summed E-state index contributed by atoms with van der Waals surface area (Å²) in [5.41, 5.74) is 1.83. The van der Waals surface area contributed by atoms with Crippen LogP contribution >= 0.6 is 11.8 Å². The molecular weight excluding hydrogens is 424 g/mol. The van der Waals surface area contributed by atoms with E-state index < -0.39 is 5.91 Å². The molecule has 3 rings (SSSR count). The average molecular weight is 449 g/mol. The Morgan fingerprint density at radius 2 is 1.56 bits per heavy atom. The Labute approximate surface area is 191 Å². The van der Waals surface area contributed by atoms with Gasteiger partial charge < -0.3 is 20.1 Å². The lowest BCUT2D eigenvalue weighted by atomic mass is 10.1. The number of hydrogen-bond acceptors (Lipinski definition) is 5. The predicted octanol–water partition coefficient (Wildman–Crippen LogP) is 4.84. The van der Waals surface area contributed by atoms with Crippen LogP contribution in [-0.2, 0) is 4.79 Å². The number of methoxy groups -OCH3 is 2. The van der Waals surface area contributed by atoms with Gasteiger partial charge in [-0.3, -0.25) is 9.59 Å². The normalized spacial score (nSPS) is 10.9. The number of nitrogens with one attached hydrogen (secondary N) is 2. The number of hydrogen-bond donors (Lipinski definition) is 2. The van der Waals surface area contributed by atoms with E-state index in [2.05, 4.69) is 10.6 Å². The Bertz CT molecular complexity index is 1110. The van der Waals surface area contributed by atoms with Gasteiger partial charge in [0.1, 0.15) is 5.70 Å². The van der Waals surface area contributed by atoms with Crippen molar-refractivity contribution in [3.05, 3.63) is 89.6 Å². The van der Waals surface area contributed by atoms with Crippen LogP contribution in [0.5, 0.6) is 11.5 Å². The first kappa shape index (κ1) is 23.0. The second kappa shape index (κ2) is 11.1. The van der Waals surface area contributed by atoms with Gasteiger partial charge in [-0.1, -0.05) is 24.3 Å². The summed E-state index contributed by atoms with van der Waals surface area (Å²) < 4.78 is 10.6. The number of ether oxygens (including phenoxy) is 2. The third kappa shape index (κ3) is 5.92. The van der Waals surface area contributed by atoms with Crippen molar-refractivity contribution in [2.75, 3.05) is 25.8 Å². The van der Waals surface area contributed by atoms with Gasteiger partial charge in [0.2, 0.25) is 0 Å². The summed E-state index contributed by atoms with van der Waals surface area (Å²) in [6.07, 6.45) is 3.57. The first-order chi connectivity index (χ1) is 15.5. The standard InChI is InChI=1S/C25H24N2O4S/c1-30-22-14-9-17(16-23(22)31-2)15-21(27-24(28)18-7-5-4-6-8-18)25(29)26-19-10-12-20(32-3)13-11-19/h4-16H,1-3H3,(H,26,29)(H,27,28)/b21-15-. The smallest absolute Gasteiger partial charge is 0.272 e. The number of carbonyl (C=O) groups is 2. The molecule has 0 saturated carbocycles. The number of benzene rings is 3. The highest BCUT2D eigenvalue weighted by atomic mass is 32.2. The SMILES string of the molecule is COc1ccc(/C=C(\NC(=O)c2ccccc2)C(=O)Nc2ccc(SC)cc2)cc1OC. The van der Waals surface area contributed by atoms with Gasteiger partial charge >= 0.3 is 0 Å². The molecule has 32 heavy (non-hydrogen) atoms. The third-order valence-corrected chi connectivity index (χ3v) is 5.34. The molecule has 0 unspecified atom stereocenters. The molecule has 0 radical (unpaired) electrons. The monoisotopic (exact) mass is 448 g/mol. The zero-order valence-corrected chi connectivity index (χ0v) is 18.9. The van der Waals surface area contributed by atoms with Crippen molar-refractivity contribution in [3.8, 4) is 11.5 Å². The topological polar surface area (TPSA) is 76.7 Å². The van der Waals surface area contributed by atoms with E-state index in [1.807, 2.05) is 36.6 Å². The summed E-state index contributed by atoms with van der Waals surface area (Å²) in [7, 11) is 3.09. The van der Waals surface area contributed by atoms with Gasteiger partial charge in [-0.05, 0) is 66.4 Å². The molecular formula is C25H24N2O4S. The highest BCUT2D eigenvalue weighted by Crippen LogP contribution is 2.28. The van der Waals surface area contributed by atoms with Crippen LogP contribution in [-0.4, -0.2) is 32.3 Å². The molecule has 3 aromatic carbocycles. The van der Waals surface area contributed by atoms with Crippen molar-refractivity contribution in [1.82, 2.24) is 5.32 Å². The lowest BCUT2D eigenvalue weighted by molar-refractivity contribution is -0.113. The van der Waals surface area contributed by atoms with E-state index in [-0.39, 0.29) is 11.6 Å². The van der Waals surface area contributed by atoms with Crippen LogP contribution in [0, 0.1) is 0 Å². The van der Waals surface area contributed by atoms with Gasteiger partial charge in [0.15, 0.2) is 11.5 Å². The molecule has 0 atom stereocenters. The van der Waals surface area contributed by atoms with E-state index >= 15 is 0 Å². The molecule has 0 heterocycles. The van der Waals surface area contributed by atoms with Crippen molar-refractivity contribution in [2.45, 2.75) is 4.90 Å². The molecule has 6 nitrogen and oxygen atoms in total. The summed E-state index contributed by atoms with van der Waals surface area (Å²) in [5, 5.41) is 5.56. The molecule has 0 spiro atoms. The number of anilines is 1. The van der Waals surface area contributed by atoms with E-state index in [1.165, 1.54) is 7.11 Å². The molecule has 7 heteroatoms. The summed E-state index contributed by atoms with van der Waals surface area (Å²) in [6, 6.07) is 21.4. The fraction of sp³-hybridized carbons (Fsp3) is 0.120. The summed E-state index contributed by atoms with van der Waals surface area (Å²) in [6.45, 7) is 0. The number of rotatable bonds is 8. The van der Waals surface area contributed by atoms with E-state index in [0.717, 1.165) is 4.90 Å². The molecule has 0 aromatic heterocycles. The predicted molar refractivity (Wildman–Crippen MR) is 128 cm³/mol. The first-order valence-electron chi connectivity index (χ1n) is 9.79. The van der Waals surface area contributed by atoms with Gasteiger partial charge in [-0.15, -0.1) is 11.8 Å². The van der Waals surface area contributed by atoms with Crippen molar-refractivity contribution in [1.29, 1.82) is 0 Å². The van der Waals surface area contributed by atoms with E-state index in [0.29, 0.717) is 28.3 Å². The van der Waals surface area contributed by atoms with Crippen LogP contribution in [0.2, 0.25) is 0 Å². The summed E-state index contributed by atoms with van der Waals surface area (Å²) >= 11 is 1.61. The molecule has 3 aromatic rings. The minimum absolute atomic E-state index is 0.0972. The van der Waals surface area contributed by atoms with Crippen LogP contribution in [0.15, 0.2) is 83.4 Å². The third-order valence-electron chi connectivity index (χ3n) is 4.60. The molecule has 0 bridgehead atoms. The highest BCUT2D eigenvalue weighted by Gasteiger charge is 2.16. The lowest BCUT2D eigenvalue weighted by Crippen LogP contribution is -2.30. The maximum atomic E-state index is 13.1. The second-order valence-electron chi connectivity index (χ2n) is 6.68. The largest absolute Gasteiger partial charge is 0.493 e. The van der Waals surface area contributed by atoms with Crippen molar-refractivity contribution in [3.63, 3.8) is 0 Å². The number of amides is 2. The maximum absolute atomic E-state index is 13.1. The molecule has 0 aliphatic heterocycles. The Morgan fingerprint density at radius 1 is 0.875 bits per heavy atom. The van der Waals surface area contributed by atoms with Gasteiger partial charge in [-0.2, -0.15) is 0 Å². The molecule has 2 N–H and O–H groups in total. The lowest BCUT2D eigenvalue weighted by Gasteiger charge is -2.13. The second-order valence-corrected chi connectivity index (χ2v) is 7.55. The molecule has 0 aliphatic rings. The average Bonchev–Trinajstić information content (AvgIpc) is 2.84. The highest BCUT2D eigenvalue weighted by molar-refractivity contribution is 7.98. The number of thioether (sulfide) groups is 1. The van der Waals surface area contributed by atoms with Crippen LogP contribution in [0.4, 0.5) is 5.69 Å². The minimum Gasteiger partial charge on any atom is -0.493 e. The quantitative estimate of drug-likeness (QED) is 0.381. The zero-order valence-electron chi connectivity index (χ0n) is 18.0. The van der Waals surface area contributed by atoms with E-state index in [1.54, 1.807) is 67.4 Å². The maximum Gasteiger partial charge on any atom is 0.272 e. The Morgan fingerprint density at radius 3 is 2.19 bits per heavy atom. The van der Waals surface area contributed by atoms with Crippen LogP contribution in [0.3, 0.4) is 0 Å². The van der Waals surface area contributed by atoms with Crippen molar-refractivity contribution < 1.29 is 19.1 Å². The van der Waals surface area contributed by atoms with Crippen molar-refractivity contribution >= 4 is 35.3 Å². The zero-order chi connectivity index (χ0) is 22.9. The minimum atomic E-state index is -0.444. The van der Waals surface area contributed by atoms with Gasteiger partial charge in [-0.25, -0.2) is 0 Å². The molecule has 2 amide bonds. The Kier molecular flexibility index (Phi) is 7.94. The Balaban J connectivity index is 1.91. The fourth-order valence-electron chi connectivity index (χ4n) is 2.92. The van der Waals surface area contributed by atoms with Crippen LogP contribution < -0.4 is 20.1 Å². The van der Waals surface area contributed by atoms with E-state index in [4.69, 9.17) is 9.47 Å². The number of carbonyl (C=O) groups excluding carboxylic acids is 2. The summed E-state index contributed by atoms with van der Waals surface area (Å²) in [4.78, 5) is 26.9. The first-order valence-corrected chi connectivity index (χ1v) is 11.0. The van der Waals surface area contributed by atoms with Gasteiger partial charge in [0.05, 0.1) is 14.2 Å².